The minimum Gasteiger partial charge on any atom is -0.349 e. The molecular formula is C27H43ClN4O5S. The molecule has 0 radical (unpaired) electrons. The number of carbonyl (C=O) groups excluding carboxylic acids is 5. The number of aldehydes is 1. The van der Waals surface area contributed by atoms with Gasteiger partial charge < -0.3 is 20.7 Å². The Bertz CT molecular complexity index is 883. The monoisotopic (exact) mass is 570 g/mol. The topological polar surface area (TPSA) is 125 Å². The molecule has 0 saturated carbocycles. The van der Waals surface area contributed by atoms with Crippen LogP contribution < -0.4 is 16.0 Å². The van der Waals surface area contributed by atoms with Crippen molar-refractivity contribution in [1.82, 2.24) is 15.5 Å². The molecule has 214 valence electrons. The number of allylic oxidation sites excluding steroid dienone is 1. The van der Waals surface area contributed by atoms with Crippen LogP contribution in [-0.4, -0.2) is 61.5 Å². The Balaban J connectivity index is 0. The average molecular weight is 571 g/mol. The van der Waals surface area contributed by atoms with Gasteiger partial charge in [-0.15, -0.1) is 0 Å². The van der Waals surface area contributed by atoms with Crippen molar-refractivity contribution in [1.29, 1.82) is 0 Å². The van der Waals surface area contributed by atoms with Crippen LogP contribution in [0.15, 0.2) is 30.4 Å². The molecule has 1 aromatic rings. The van der Waals surface area contributed by atoms with Crippen molar-refractivity contribution in [2.45, 2.75) is 71.6 Å². The van der Waals surface area contributed by atoms with Gasteiger partial charge in [-0.3, -0.25) is 24.1 Å². The quantitative estimate of drug-likeness (QED) is 0.115. The van der Waals surface area contributed by atoms with Gasteiger partial charge in [-0.2, -0.15) is 12.6 Å². The number of anilines is 1. The largest absolute Gasteiger partial charge is 0.349 e. The molecule has 1 unspecified atom stereocenters. The second-order valence-corrected chi connectivity index (χ2v) is 8.81. The van der Waals surface area contributed by atoms with E-state index < -0.39 is 0 Å². The van der Waals surface area contributed by atoms with Crippen LogP contribution in [0.5, 0.6) is 0 Å². The molecule has 0 aromatic heterocycles. The van der Waals surface area contributed by atoms with E-state index >= 15 is 0 Å². The van der Waals surface area contributed by atoms with E-state index in [1.165, 1.54) is 12.5 Å². The summed E-state index contributed by atoms with van der Waals surface area (Å²) >= 11 is 10.2. The number of carbonyl (C=O) groups is 5. The van der Waals surface area contributed by atoms with Crippen molar-refractivity contribution in [2.75, 3.05) is 25.5 Å². The second-order valence-electron chi connectivity index (χ2n) is 8.09. The molecule has 1 rings (SSSR count). The lowest BCUT2D eigenvalue weighted by Crippen LogP contribution is -2.35. The second kappa shape index (κ2) is 24.6. The summed E-state index contributed by atoms with van der Waals surface area (Å²) in [6.45, 7) is 8.14. The fourth-order valence-electron chi connectivity index (χ4n) is 2.58. The van der Waals surface area contributed by atoms with Gasteiger partial charge in [-0.1, -0.05) is 50.4 Å². The first-order chi connectivity index (χ1) is 18.1. The molecule has 1 atom stereocenters. The molecule has 0 fully saturated rings. The van der Waals surface area contributed by atoms with Crippen LogP contribution in [0.25, 0.3) is 0 Å². The van der Waals surface area contributed by atoms with E-state index in [2.05, 4.69) is 42.4 Å². The first kappa shape index (κ1) is 37.5. The number of halogens is 1. The highest BCUT2D eigenvalue weighted by Gasteiger charge is 2.11. The van der Waals surface area contributed by atoms with Gasteiger partial charge in [0.2, 0.25) is 18.2 Å². The van der Waals surface area contributed by atoms with Crippen molar-refractivity contribution in [3.05, 3.63) is 40.9 Å². The number of nitrogens with one attached hydrogen (secondary N) is 3. The number of hydrogen-bond acceptors (Lipinski definition) is 7. The fraction of sp³-hybridized carbons (Fsp3) is 0.519. The zero-order valence-corrected chi connectivity index (χ0v) is 24.7. The van der Waals surface area contributed by atoms with Gasteiger partial charge in [0.05, 0.1) is 12.6 Å². The minimum atomic E-state index is -0.332. The van der Waals surface area contributed by atoms with Gasteiger partial charge >= 0.3 is 0 Å². The van der Waals surface area contributed by atoms with Gasteiger partial charge in [0.15, 0.2) is 0 Å². The third-order valence-electron chi connectivity index (χ3n) is 4.72. The lowest BCUT2D eigenvalue weighted by molar-refractivity contribution is -0.134. The number of imide groups is 1. The molecule has 0 saturated heterocycles. The molecule has 0 aliphatic heterocycles. The summed E-state index contributed by atoms with van der Waals surface area (Å²) in [5.74, 6) is 0.00253. The number of rotatable bonds is 14. The molecule has 4 amide bonds. The maximum Gasteiger partial charge on any atom is 0.252 e. The maximum absolute atomic E-state index is 11.6. The molecule has 0 bridgehead atoms. The van der Waals surface area contributed by atoms with Crippen LogP contribution in [0.1, 0.15) is 65.4 Å². The first-order valence-electron chi connectivity index (χ1n) is 12.6. The van der Waals surface area contributed by atoms with Crippen molar-refractivity contribution in [2.24, 2.45) is 0 Å². The van der Waals surface area contributed by atoms with E-state index in [1.807, 2.05) is 12.1 Å². The van der Waals surface area contributed by atoms with E-state index in [-0.39, 0.29) is 30.3 Å². The Hall–Kier alpha value is -2.69. The summed E-state index contributed by atoms with van der Waals surface area (Å²) in [5.41, 5.74) is 1.65. The van der Waals surface area contributed by atoms with Crippen molar-refractivity contribution in [3.8, 4) is 0 Å². The number of thiol groups is 1. The maximum atomic E-state index is 11.6. The highest BCUT2D eigenvalue weighted by Crippen LogP contribution is 2.22. The Labute approximate surface area is 237 Å². The predicted octanol–water partition coefficient (Wildman–Crippen LogP) is 4.16. The van der Waals surface area contributed by atoms with E-state index in [1.54, 1.807) is 33.0 Å². The smallest absolute Gasteiger partial charge is 0.252 e. The van der Waals surface area contributed by atoms with Crippen molar-refractivity contribution in [3.63, 3.8) is 0 Å². The summed E-state index contributed by atoms with van der Waals surface area (Å²) in [7, 11) is 1.74. The zero-order valence-electron chi connectivity index (χ0n) is 23.1. The third-order valence-corrected chi connectivity index (χ3v) is 5.41. The van der Waals surface area contributed by atoms with E-state index in [4.69, 9.17) is 11.6 Å². The number of benzene rings is 1. The Morgan fingerprint density at radius 3 is 2.29 bits per heavy atom. The summed E-state index contributed by atoms with van der Waals surface area (Å²) in [6, 6.07) is 5.17. The van der Waals surface area contributed by atoms with Crippen LogP contribution in [0.4, 0.5) is 5.69 Å². The third kappa shape index (κ3) is 18.5. The molecular weight excluding hydrogens is 528 g/mol. The molecule has 0 aliphatic carbocycles. The molecule has 11 heteroatoms. The minimum absolute atomic E-state index is 0.0373. The number of likely N-dealkylation sites (N-methyl/N-ethyl adjacent to an activating group) is 1. The average Bonchev–Trinajstić information content (AvgIpc) is 2.90. The van der Waals surface area contributed by atoms with Crippen LogP contribution in [0.3, 0.4) is 0 Å². The SMILES string of the molecule is C/C=C\C(=O)N(C=O)CCCCCC(=O)NCC=O.CCC.CNC(C)C(=O)Nc1ccc(CS)c(Cl)c1. The number of amides is 4. The van der Waals surface area contributed by atoms with E-state index in [0.717, 1.165) is 16.9 Å². The standard InChI is InChI=1S/C13H20N2O4.C11H15ClN2OS.C3H8/c1-2-6-13(19)15(11-17)9-5-3-4-7-12(18)14-8-10-16;1-7(13-2)11(15)14-9-4-3-8(6-16)10(12)5-9;1-3-2/h2,6,10-11H,3-5,7-9H2,1H3,(H,14,18);3-5,7,13,16H,6H2,1-2H3,(H,14,15);3H2,1-2H3/b6-2-;;. The molecule has 0 aliphatic rings. The summed E-state index contributed by atoms with van der Waals surface area (Å²) in [5, 5.41) is 8.70. The van der Waals surface area contributed by atoms with Gasteiger partial charge in [-0.05, 0) is 57.5 Å². The fourth-order valence-corrected chi connectivity index (χ4v) is 3.19. The molecule has 1 aromatic carbocycles. The highest BCUT2D eigenvalue weighted by atomic mass is 35.5. The van der Waals surface area contributed by atoms with Crippen molar-refractivity contribution >= 4 is 60.3 Å². The first-order valence-corrected chi connectivity index (χ1v) is 13.6. The Morgan fingerprint density at radius 2 is 1.79 bits per heavy atom. The molecule has 0 heterocycles. The van der Waals surface area contributed by atoms with E-state index in [0.29, 0.717) is 55.0 Å². The van der Waals surface area contributed by atoms with Crippen LogP contribution >= 0.6 is 24.2 Å². The summed E-state index contributed by atoms with van der Waals surface area (Å²) < 4.78 is 0. The molecule has 0 spiro atoms. The highest BCUT2D eigenvalue weighted by molar-refractivity contribution is 7.79. The lowest BCUT2D eigenvalue weighted by Gasteiger charge is -2.12. The Kier molecular flexibility index (Phi) is 24.3. The van der Waals surface area contributed by atoms with Crippen LogP contribution in [-0.2, 0) is 29.7 Å². The van der Waals surface area contributed by atoms with Gasteiger partial charge in [0.1, 0.15) is 6.29 Å². The van der Waals surface area contributed by atoms with Crippen LogP contribution in [0, 0.1) is 0 Å². The number of nitrogens with zero attached hydrogens (tertiary/aromatic N) is 1. The summed E-state index contributed by atoms with van der Waals surface area (Å²) in [6.07, 6.45) is 7.71. The van der Waals surface area contributed by atoms with Gasteiger partial charge in [-0.25, -0.2) is 0 Å². The normalized spacial score (nSPS) is 10.7. The number of hydrogen-bond donors (Lipinski definition) is 4. The molecule has 3 N–H and O–H groups in total. The zero-order chi connectivity index (χ0) is 29.3. The summed E-state index contributed by atoms with van der Waals surface area (Å²) in [4.78, 5) is 55.9. The van der Waals surface area contributed by atoms with Crippen molar-refractivity contribution < 1.29 is 24.0 Å². The lowest BCUT2D eigenvalue weighted by atomic mass is 10.2. The number of unbranched alkanes of at least 4 members (excludes halogenated alkanes) is 2. The van der Waals surface area contributed by atoms with E-state index in [9.17, 15) is 24.0 Å². The molecule has 38 heavy (non-hydrogen) atoms. The van der Waals surface area contributed by atoms with Crippen LogP contribution in [0.2, 0.25) is 5.02 Å². The van der Waals surface area contributed by atoms with Gasteiger partial charge in [0, 0.05) is 29.4 Å². The van der Waals surface area contributed by atoms with Gasteiger partial charge in [0.25, 0.3) is 5.91 Å². The molecule has 9 nitrogen and oxygen atoms in total. The predicted molar refractivity (Wildman–Crippen MR) is 157 cm³/mol. The Morgan fingerprint density at radius 1 is 1.13 bits per heavy atom.